The molecule has 0 heterocycles. The van der Waals surface area contributed by atoms with Gasteiger partial charge in [0.1, 0.15) is 17.7 Å². The highest BCUT2D eigenvalue weighted by atomic mass is 16.6. The predicted octanol–water partition coefficient (Wildman–Crippen LogP) is 4.41. The maximum atomic E-state index is 13.9. The molecule has 7 heteroatoms. The standard InChI is InChI=1S/C26H41N3O4/c1-15(2)21(28-25(32)33-26(7,8)9)24(31)29(20-12-13-20)22(23(30)27-16(3)4)19-11-10-17(5)18(6)14-19/h10-11,14-16,20-22H,12-13H2,1-9H3,(H,27,30)(H,28,32). The minimum atomic E-state index is -0.804. The molecule has 1 aliphatic carbocycles. The van der Waals surface area contributed by atoms with Crippen LogP contribution in [0.15, 0.2) is 18.2 Å². The van der Waals surface area contributed by atoms with Gasteiger partial charge in [0, 0.05) is 12.1 Å². The molecule has 0 bridgehead atoms. The maximum Gasteiger partial charge on any atom is 0.408 e. The zero-order valence-electron chi connectivity index (χ0n) is 21.6. The summed E-state index contributed by atoms with van der Waals surface area (Å²) in [5, 5.41) is 5.75. The molecule has 2 rings (SSSR count). The van der Waals surface area contributed by atoms with Crippen molar-refractivity contribution < 1.29 is 19.1 Å². The Kier molecular flexibility index (Phi) is 8.55. The van der Waals surface area contributed by atoms with E-state index in [0.717, 1.165) is 29.5 Å². The van der Waals surface area contributed by atoms with E-state index in [1.165, 1.54) is 0 Å². The van der Waals surface area contributed by atoms with Crippen molar-refractivity contribution in [2.75, 3.05) is 0 Å². The molecule has 33 heavy (non-hydrogen) atoms. The fourth-order valence-corrected chi connectivity index (χ4v) is 3.72. The quantitative estimate of drug-likeness (QED) is 0.603. The fraction of sp³-hybridized carbons (Fsp3) is 0.654. The molecule has 1 saturated carbocycles. The van der Waals surface area contributed by atoms with E-state index in [1.54, 1.807) is 25.7 Å². The van der Waals surface area contributed by atoms with Gasteiger partial charge in [0.05, 0.1) is 0 Å². The first-order chi connectivity index (χ1) is 15.2. The Hall–Kier alpha value is -2.57. The molecule has 1 aromatic carbocycles. The largest absolute Gasteiger partial charge is 0.444 e. The molecule has 2 unspecified atom stereocenters. The Morgan fingerprint density at radius 1 is 1.00 bits per heavy atom. The molecule has 3 amide bonds. The first kappa shape index (κ1) is 26.7. The van der Waals surface area contributed by atoms with E-state index in [0.29, 0.717) is 0 Å². The van der Waals surface area contributed by atoms with E-state index < -0.39 is 23.8 Å². The van der Waals surface area contributed by atoms with Gasteiger partial charge in [0.2, 0.25) is 11.8 Å². The molecular formula is C26H41N3O4. The Balaban J connectivity index is 2.45. The molecule has 2 N–H and O–H groups in total. The Labute approximate surface area is 198 Å². The number of rotatable bonds is 8. The number of amides is 3. The van der Waals surface area contributed by atoms with Gasteiger partial charge in [-0.2, -0.15) is 0 Å². The second-order valence-electron chi connectivity index (χ2n) is 10.8. The van der Waals surface area contributed by atoms with Gasteiger partial charge in [-0.1, -0.05) is 32.0 Å². The van der Waals surface area contributed by atoms with Crippen LogP contribution in [0.1, 0.15) is 84.0 Å². The summed E-state index contributed by atoms with van der Waals surface area (Å²) in [6.07, 6.45) is 1.03. The van der Waals surface area contributed by atoms with Gasteiger partial charge in [0.25, 0.3) is 0 Å². The van der Waals surface area contributed by atoms with Gasteiger partial charge in [-0.15, -0.1) is 0 Å². The van der Waals surface area contributed by atoms with E-state index in [1.807, 2.05) is 59.7 Å². The van der Waals surface area contributed by atoms with Crippen LogP contribution < -0.4 is 10.6 Å². The second kappa shape index (κ2) is 10.6. The van der Waals surface area contributed by atoms with Crippen molar-refractivity contribution in [3.8, 4) is 0 Å². The summed E-state index contributed by atoms with van der Waals surface area (Å²) in [4.78, 5) is 41.5. The van der Waals surface area contributed by atoms with Gasteiger partial charge >= 0.3 is 6.09 Å². The molecule has 7 nitrogen and oxygen atoms in total. The lowest BCUT2D eigenvalue weighted by atomic mass is 9.96. The number of carbonyl (C=O) groups excluding carboxylic acids is 3. The van der Waals surface area contributed by atoms with Crippen molar-refractivity contribution in [3.05, 3.63) is 34.9 Å². The Bertz CT molecular complexity index is 869. The third-order valence-corrected chi connectivity index (χ3v) is 5.60. The average molecular weight is 460 g/mol. The number of alkyl carbamates (subject to hydrolysis) is 1. The average Bonchev–Trinajstić information content (AvgIpc) is 3.48. The number of nitrogens with one attached hydrogen (secondary N) is 2. The third-order valence-electron chi connectivity index (χ3n) is 5.60. The number of benzene rings is 1. The molecule has 1 aromatic rings. The first-order valence-electron chi connectivity index (χ1n) is 11.9. The number of carbonyl (C=O) groups is 3. The van der Waals surface area contributed by atoms with Crippen molar-refractivity contribution >= 4 is 17.9 Å². The van der Waals surface area contributed by atoms with Crippen LogP contribution >= 0.6 is 0 Å². The van der Waals surface area contributed by atoms with Gasteiger partial charge in [-0.25, -0.2) is 4.79 Å². The van der Waals surface area contributed by atoms with Crippen molar-refractivity contribution in [1.29, 1.82) is 0 Å². The Morgan fingerprint density at radius 3 is 2.06 bits per heavy atom. The summed E-state index contributed by atoms with van der Waals surface area (Å²) in [5.41, 5.74) is 2.28. The molecule has 0 aliphatic heterocycles. The lowest BCUT2D eigenvalue weighted by Crippen LogP contribution is -2.55. The molecule has 0 spiro atoms. The minimum Gasteiger partial charge on any atom is -0.444 e. The molecule has 2 atom stereocenters. The van der Waals surface area contributed by atoms with Crippen LogP contribution in [-0.2, 0) is 14.3 Å². The number of nitrogens with zero attached hydrogens (tertiary/aromatic N) is 1. The summed E-state index contributed by atoms with van der Waals surface area (Å²) < 4.78 is 5.40. The molecule has 0 radical (unpaired) electrons. The van der Waals surface area contributed by atoms with Crippen LogP contribution in [-0.4, -0.2) is 46.5 Å². The second-order valence-corrected chi connectivity index (χ2v) is 10.8. The van der Waals surface area contributed by atoms with Crippen molar-refractivity contribution in [1.82, 2.24) is 15.5 Å². The van der Waals surface area contributed by atoms with Crippen LogP contribution in [0.4, 0.5) is 4.79 Å². The summed E-state index contributed by atoms with van der Waals surface area (Å²) in [6, 6.07) is 4.20. The monoisotopic (exact) mass is 459 g/mol. The van der Waals surface area contributed by atoms with Gasteiger partial charge in [-0.3, -0.25) is 9.59 Å². The highest BCUT2D eigenvalue weighted by molar-refractivity contribution is 5.92. The van der Waals surface area contributed by atoms with Crippen LogP contribution in [0.5, 0.6) is 0 Å². The lowest BCUT2D eigenvalue weighted by Gasteiger charge is -2.36. The van der Waals surface area contributed by atoms with Gasteiger partial charge < -0.3 is 20.3 Å². The predicted molar refractivity (Wildman–Crippen MR) is 130 cm³/mol. The molecule has 184 valence electrons. The van der Waals surface area contributed by atoms with Crippen LogP contribution in [0.25, 0.3) is 0 Å². The van der Waals surface area contributed by atoms with Crippen LogP contribution in [0.3, 0.4) is 0 Å². The number of hydrogen-bond acceptors (Lipinski definition) is 4. The third kappa shape index (κ3) is 7.47. The summed E-state index contributed by atoms with van der Waals surface area (Å²) >= 11 is 0. The van der Waals surface area contributed by atoms with Crippen molar-refractivity contribution in [2.45, 2.75) is 105 Å². The van der Waals surface area contributed by atoms with E-state index in [2.05, 4.69) is 10.6 Å². The van der Waals surface area contributed by atoms with Crippen LogP contribution in [0.2, 0.25) is 0 Å². The lowest BCUT2D eigenvalue weighted by molar-refractivity contribution is -0.144. The number of ether oxygens (including phenoxy) is 1. The summed E-state index contributed by atoms with van der Waals surface area (Å²) in [5.74, 6) is -0.659. The normalized spacial score (nSPS) is 15.7. The van der Waals surface area contributed by atoms with Crippen LogP contribution in [0, 0.1) is 19.8 Å². The minimum absolute atomic E-state index is 0.0382. The van der Waals surface area contributed by atoms with E-state index in [9.17, 15) is 14.4 Å². The zero-order chi connectivity index (χ0) is 25.1. The molecular weight excluding hydrogens is 418 g/mol. The van der Waals surface area contributed by atoms with Gasteiger partial charge in [-0.05, 0) is 83.9 Å². The highest BCUT2D eigenvalue weighted by Gasteiger charge is 2.44. The van der Waals surface area contributed by atoms with Crippen molar-refractivity contribution in [3.63, 3.8) is 0 Å². The zero-order valence-corrected chi connectivity index (χ0v) is 21.6. The van der Waals surface area contributed by atoms with E-state index in [-0.39, 0.29) is 29.8 Å². The SMILES string of the molecule is Cc1ccc(C(C(=O)NC(C)C)N(C(=O)C(NC(=O)OC(C)(C)C)C(C)C)C2CC2)cc1C. The number of hydrogen-bond donors (Lipinski definition) is 2. The molecule has 1 aliphatic rings. The van der Waals surface area contributed by atoms with E-state index >= 15 is 0 Å². The maximum absolute atomic E-state index is 13.9. The van der Waals surface area contributed by atoms with E-state index in [4.69, 9.17) is 4.74 Å². The Morgan fingerprint density at radius 2 is 1.61 bits per heavy atom. The van der Waals surface area contributed by atoms with Crippen molar-refractivity contribution in [2.24, 2.45) is 5.92 Å². The topological polar surface area (TPSA) is 87.7 Å². The summed E-state index contributed by atoms with van der Waals surface area (Å²) in [7, 11) is 0. The highest BCUT2D eigenvalue weighted by Crippen LogP contribution is 2.36. The smallest absolute Gasteiger partial charge is 0.408 e. The molecule has 0 aromatic heterocycles. The summed E-state index contributed by atoms with van der Waals surface area (Å²) in [6.45, 7) is 16.9. The fourth-order valence-electron chi connectivity index (χ4n) is 3.72. The first-order valence-corrected chi connectivity index (χ1v) is 11.9. The molecule has 1 fully saturated rings. The number of aryl methyl sites for hydroxylation is 2. The van der Waals surface area contributed by atoms with Gasteiger partial charge in [0.15, 0.2) is 0 Å². The molecule has 0 saturated heterocycles.